The van der Waals surface area contributed by atoms with Crippen molar-refractivity contribution < 1.29 is 4.74 Å². The SMILES string of the molecule is CN=C(NCCc1ccc(OCC(C)C)cc1)NC(C)(C)C. The van der Waals surface area contributed by atoms with Crippen molar-refractivity contribution in [2.75, 3.05) is 20.2 Å². The third kappa shape index (κ3) is 7.91. The Morgan fingerprint density at radius 2 is 1.82 bits per heavy atom. The zero-order chi connectivity index (χ0) is 16.6. The topological polar surface area (TPSA) is 45.7 Å². The maximum Gasteiger partial charge on any atom is 0.191 e. The van der Waals surface area contributed by atoms with Crippen molar-refractivity contribution in [3.8, 4) is 5.75 Å². The van der Waals surface area contributed by atoms with Crippen molar-refractivity contribution in [2.24, 2.45) is 10.9 Å². The number of hydrogen-bond donors (Lipinski definition) is 2. The Hall–Kier alpha value is -1.71. The molecule has 0 aliphatic rings. The van der Waals surface area contributed by atoms with Gasteiger partial charge in [-0.3, -0.25) is 4.99 Å². The van der Waals surface area contributed by atoms with E-state index in [0.717, 1.165) is 31.3 Å². The summed E-state index contributed by atoms with van der Waals surface area (Å²) in [5.74, 6) is 2.32. The van der Waals surface area contributed by atoms with Crippen LogP contribution in [-0.4, -0.2) is 31.7 Å². The van der Waals surface area contributed by atoms with Crippen molar-refractivity contribution in [3.05, 3.63) is 29.8 Å². The van der Waals surface area contributed by atoms with Crippen molar-refractivity contribution in [1.29, 1.82) is 0 Å². The lowest BCUT2D eigenvalue weighted by molar-refractivity contribution is 0.271. The minimum atomic E-state index is 0.0112. The molecule has 1 aromatic carbocycles. The summed E-state index contributed by atoms with van der Waals surface area (Å²) in [6.45, 7) is 12.3. The first-order valence-electron chi connectivity index (χ1n) is 8.01. The molecule has 1 rings (SSSR count). The molecule has 0 saturated carbocycles. The van der Waals surface area contributed by atoms with Gasteiger partial charge in [0.15, 0.2) is 5.96 Å². The Labute approximate surface area is 135 Å². The van der Waals surface area contributed by atoms with Crippen LogP contribution in [0.2, 0.25) is 0 Å². The molecule has 0 aliphatic carbocycles. The molecule has 0 atom stereocenters. The molecule has 0 aliphatic heterocycles. The van der Waals surface area contributed by atoms with E-state index in [4.69, 9.17) is 4.74 Å². The molecule has 124 valence electrons. The standard InChI is InChI=1S/C18H31N3O/c1-14(2)13-22-16-9-7-15(8-10-16)11-12-20-17(19-6)21-18(3,4)5/h7-10,14H,11-13H2,1-6H3,(H2,19,20,21). The fraction of sp³-hybridized carbons (Fsp3) is 0.611. The molecular formula is C18H31N3O. The molecule has 4 nitrogen and oxygen atoms in total. The second-order valence-corrected chi connectivity index (χ2v) is 6.97. The fourth-order valence-corrected chi connectivity index (χ4v) is 1.87. The Kier molecular flexibility index (Phi) is 7.22. The molecule has 22 heavy (non-hydrogen) atoms. The van der Waals surface area contributed by atoms with E-state index in [1.807, 2.05) is 12.1 Å². The summed E-state index contributed by atoms with van der Waals surface area (Å²) < 4.78 is 5.69. The predicted molar refractivity (Wildman–Crippen MR) is 94.7 cm³/mol. The molecule has 0 fully saturated rings. The fourth-order valence-electron chi connectivity index (χ4n) is 1.87. The first-order valence-corrected chi connectivity index (χ1v) is 8.01. The lowest BCUT2D eigenvalue weighted by Crippen LogP contribution is -2.48. The summed E-state index contributed by atoms with van der Waals surface area (Å²) in [6.07, 6.45) is 0.954. The van der Waals surface area contributed by atoms with Gasteiger partial charge in [0.05, 0.1) is 6.61 Å². The van der Waals surface area contributed by atoms with Crippen molar-refractivity contribution in [2.45, 2.75) is 46.6 Å². The first-order chi connectivity index (χ1) is 10.3. The second kappa shape index (κ2) is 8.66. The van der Waals surface area contributed by atoms with Gasteiger partial charge in [-0.05, 0) is 50.8 Å². The number of hydrogen-bond acceptors (Lipinski definition) is 2. The molecule has 1 aromatic rings. The summed E-state index contributed by atoms with van der Waals surface area (Å²) in [6, 6.07) is 8.33. The molecule has 0 spiro atoms. The van der Waals surface area contributed by atoms with Gasteiger partial charge in [0.1, 0.15) is 5.75 Å². The van der Waals surface area contributed by atoms with Crippen LogP contribution in [0.3, 0.4) is 0 Å². The highest BCUT2D eigenvalue weighted by Crippen LogP contribution is 2.13. The first kappa shape index (κ1) is 18.3. The van der Waals surface area contributed by atoms with E-state index >= 15 is 0 Å². The molecule has 4 heteroatoms. The van der Waals surface area contributed by atoms with Gasteiger partial charge in [0.25, 0.3) is 0 Å². The zero-order valence-electron chi connectivity index (χ0n) is 14.9. The number of ether oxygens (including phenoxy) is 1. The smallest absolute Gasteiger partial charge is 0.191 e. The quantitative estimate of drug-likeness (QED) is 0.626. The van der Waals surface area contributed by atoms with E-state index in [-0.39, 0.29) is 5.54 Å². The van der Waals surface area contributed by atoms with Crippen LogP contribution in [0.25, 0.3) is 0 Å². The largest absolute Gasteiger partial charge is 0.493 e. The van der Waals surface area contributed by atoms with Gasteiger partial charge in [-0.2, -0.15) is 0 Å². The molecule has 0 unspecified atom stereocenters. The molecule has 0 saturated heterocycles. The molecular weight excluding hydrogens is 274 g/mol. The highest BCUT2D eigenvalue weighted by molar-refractivity contribution is 5.80. The van der Waals surface area contributed by atoms with Crippen LogP contribution in [0, 0.1) is 5.92 Å². The molecule has 0 bridgehead atoms. The van der Waals surface area contributed by atoms with Gasteiger partial charge in [0, 0.05) is 19.1 Å². The monoisotopic (exact) mass is 305 g/mol. The predicted octanol–water partition coefficient (Wildman–Crippen LogP) is 3.23. The van der Waals surface area contributed by atoms with Crippen LogP contribution in [0.1, 0.15) is 40.2 Å². The zero-order valence-corrected chi connectivity index (χ0v) is 14.9. The third-order valence-electron chi connectivity index (χ3n) is 2.93. The Morgan fingerprint density at radius 1 is 1.18 bits per heavy atom. The van der Waals surface area contributed by atoms with E-state index in [9.17, 15) is 0 Å². The van der Waals surface area contributed by atoms with E-state index < -0.39 is 0 Å². The van der Waals surface area contributed by atoms with Gasteiger partial charge in [-0.25, -0.2) is 0 Å². The highest BCUT2D eigenvalue weighted by atomic mass is 16.5. The molecule has 0 radical (unpaired) electrons. The average Bonchev–Trinajstić information content (AvgIpc) is 2.44. The summed E-state index contributed by atoms with van der Waals surface area (Å²) in [5.41, 5.74) is 1.30. The van der Waals surface area contributed by atoms with Crippen molar-refractivity contribution in [1.82, 2.24) is 10.6 Å². The number of benzene rings is 1. The van der Waals surface area contributed by atoms with Gasteiger partial charge in [-0.15, -0.1) is 0 Å². The van der Waals surface area contributed by atoms with E-state index in [2.05, 4.69) is 62.4 Å². The summed E-state index contributed by atoms with van der Waals surface area (Å²) in [7, 11) is 1.79. The van der Waals surface area contributed by atoms with Crippen LogP contribution in [-0.2, 0) is 6.42 Å². The van der Waals surface area contributed by atoms with Gasteiger partial charge in [-0.1, -0.05) is 26.0 Å². The molecule has 0 aromatic heterocycles. The summed E-state index contributed by atoms with van der Waals surface area (Å²) >= 11 is 0. The minimum absolute atomic E-state index is 0.0112. The highest BCUT2D eigenvalue weighted by Gasteiger charge is 2.11. The van der Waals surface area contributed by atoms with Gasteiger partial charge < -0.3 is 15.4 Å². The molecule has 2 N–H and O–H groups in total. The molecule has 0 amide bonds. The third-order valence-corrected chi connectivity index (χ3v) is 2.93. The van der Waals surface area contributed by atoms with E-state index in [0.29, 0.717) is 5.92 Å². The minimum Gasteiger partial charge on any atom is -0.493 e. The Balaban J connectivity index is 2.38. The van der Waals surface area contributed by atoms with Crippen LogP contribution < -0.4 is 15.4 Å². The second-order valence-electron chi connectivity index (χ2n) is 6.97. The number of rotatable bonds is 6. The van der Waals surface area contributed by atoms with Crippen LogP contribution >= 0.6 is 0 Å². The lowest BCUT2D eigenvalue weighted by Gasteiger charge is -2.23. The maximum absolute atomic E-state index is 5.69. The van der Waals surface area contributed by atoms with Crippen LogP contribution in [0.4, 0.5) is 0 Å². The van der Waals surface area contributed by atoms with E-state index in [1.54, 1.807) is 7.05 Å². The number of guanidine groups is 1. The van der Waals surface area contributed by atoms with Crippen LogP contribution in [0.15, 0.2) is 29.3 Å². The summed E-state index contributed by atoms with van der Waals surface area (Å²) in [4.78, 5) is 4.23. The number of nitrogens with one attached hydrogen (secondary N) is 2. The van der Waals surface area contributed by atoms with E-state index in [1.165, 1.54) is 5.56 Å². The summed E-state index contributed by atoms with van der Waals surface area (Å²) in [5, 5.41) is 6.68. The average molecular weight is 305 g/mol. The number of nitrogens with zero attached hydrogens (tertiary/aromatic N) is 1. The van der Waals surface area contributed by atoms with Gasteiger partial charge >= 0.3 is 0 Å². The maximum atomic E-state index is 5.69. The molecule has 0 heterocycles. The van der Waals surface area contributed by atoms with Crippen molar-refractivity contribution in [3.63, 3.8) is 0 Å². The Bertz CT molecular complexity index is 458. The number of aliphatic imine (C=N–C) groups is 1. The van der Waals surface area contributed by atoms with Crippen LogP contribution in [0.5, 0.6) is 5.75 Å². The van der Waals surface area contributed by atoms with Gasteiger partial charge in [0.2, 0.25) is 0 Å². The normalized spacial score (nSPS) is 12.4. The Morgan fingerprint density at radius 3 is 2.32 bits per heavy atom. The van der Waals surface area contributed by atoms with Crippen molar-refractivity contribution >= 4 is 5.96 Å². The lowest BCUT2D eigenvalue weighted by atomic mass is 10.1.